The van der Waals surface area contributed by atoms with Crippen LogP contribution < -0.4 is 0 Å². The molecule has 0 fully saturated rings. The lowest BCUT2D eigenvalue weighted by Gasteiger charge is -1.98. The molecule has 2 nitrogen and oxygen atoms in total. The van der Waals surface area contributed by atoms with Gasteiger partial charge in [-0.2, -0.15) is 0 Å². The van der Waals surface area contributed by atoms with Crippen molar-refractivity contribution in [1.82, 2.24) is 0 Å². The second-order valence-electron chi connectivity index (χ2n) is 3.29. The van der Waals surface area contributed by atoms with E-state index in [1.54, 1.807) is 24.3 Å². The van der Waals surface area contributed by atoms with E-state index >= 15 is 0 Å². The summed E-state index contributed by atoms with van der Waals surface area (Å²) in [6, 6.07) is 6.66. The Hall–Kier alpha value is -1.57. The minimum atomic E-state index is 0.0186. The highest BCUT2D eigenvalue weighted by Gasteiger charge is 1.99. The average molecular weight is 206 g/mol. The number of benzene rings is 1. The fourth-order valence-corrected chi connectivity index (χ4v) is 0.897. The van der Waals surface area contributed by atoms with Gasteiger partial charge in [-0.05, 0) is 6.92 Å². The summed E-state index contributed by atoms with van der Waals surface area (Å²) in [7, 11) is 0. The highest BCUT2D eigenvalue weighted by Crippen LogP contribution is 2.10. The summed E-state index contributed by atoms with van der Waals surface area (Å²) in [5, 5.41) is 8.97. The molecule has 1 aromatic carbocycles. The van der Waals surface area contributed by atoms with Crippen LogP contribution in [0.3, 0.4) is 0 Å². The third kappa shape index (κ3) is 5.01. The molecule has 0 aliphatic rings. The molecule has 0 saturated carbocycles. The van der Waals surface area contributed by atoms with Gasteiger partial charge in [-0.3, -0.25) is 4.79 Å². The summed E-state index contributed by atoms with van der Waals surface area (Å²) < 4.78 is 0. The maximum Gasteiger partial charge on any atom is 0.159 e. The molecular weight excluding hydrogens is 188 g/mol. The molecule has 82 valence electrons. The second kappa shape index (κ2) is 6.82. The molecule has 0 saturated heterocycles. The van der Waals surface area contributed by atoms with Crippen LogP contribution in [0.5, 0.6) is 0 Å². The Morgan fingerprint density at radius 2 is 1.53 bits per heavy atom. The molecule has 0 amide bonds. The summed E-state index contributed by atoms with van der Waals surface area (Å²) in [5.41, 5.74) is 1.28. The van der Waals surface area contributed by atoms with Crippen molar-refractivity contribution in [2.75, 3.05) is 0 Å². The van der Waals surface area contributed by atoms with Gasteiger partial charge in [0, 0.05) is 11.1 Å². The van der Waals surface area contributed by atoms with Gasteiger partial charge in [-0.25, -0.2) is 0 Å². The maximum absolute atomic E-state index is 10.8. The Labute approximate surface area is 91.3 Å². The molecular formula is C13H18O2. The molecule has 0 radical (unpaired) electrons. The van der Waals surface area contributed by atoms with Gasteiger partial charge in [-0.1, -0.05) is 51.1 Å². The van der Waals surface area contributed by atoms with Crippen molar-refractivity contribution >= 4 is 11.5 Å². The van der Waals surface area contributed by atoms with Crippen molar-refractivity contribution in [1.29, 1.82) is 0 Å². The van der Waals surface area contributed by atoms with Crippen LogP contribution in [-0.2, 0) is 0 Å². The van der Waals surface area contributed by atoms with E-state index < -0.39 is 0 Å². The number of aliphatic hydroxyl groups is 1. The molecule has 0 aliphatic carbocycles. The van der Waals surface area contributed by atoms with Crippen LogP contribution >= 0.6 is 0 Å². The smallest absolute Gasteiger partial charge is 0.159 e. The molecule has 0 aromatic heterocycles. The number of carbonyl (C=O) groups is 1. The van der Waals surface area contributed by atoms with Gasteiger partial charge >= 0.3 is 0 Å². The number of carbonyl (C=O) groups excluding carboxylic acids is 1. The third-order valence-corrected chi connectivity index (χ3v) is 1.62. The molecule has 1 aromatic rings. The zero-order chi connectivity index (χ0) is 11.8. The SMILES string of the molecule is C=C(O)c1ccc(C(C)=O)cc1.CCC. The Balaban J connectivity index is 0.000000583. The highest BCUT2D eigenvalue weighted by molar-refractivity contribution is 5.94. The van der Waals surface area contributed by atoms with Crippen LogP contribution in [0.15, 0.2) is 30.8 Å². The molecule has 0 unspecified atom stereocenters. The Kier molecular flexibility index (Phi) is 6.11. The number of ketones is 1. The van der Waals surface area contributed by atoms with E-state index in [9.17, 15) is 4.79 Å². The average Bonchev–Trinajstić information content (AvgIpc) is 2.19. The van der Waals surface area contributed by atoms with Crippen LogP contribution in [0.25, 0.3) is 5.76 Å². The first-order chi connectivity index (χ1) is 7.02. The van der Waals surface area contributed by atoms with E-state index in [0.717, 1.165) is 0 Å². The highest BCUT2D eigenvalue weighted by atomic mass is 16.3. The molecule has 1 rings (SSSR count). The van der Waals surface area contributed by atoms with Gasteiger partial charge < -0.3 is 5.11 Å². The fraction of sp³-hybridized carbons (Fsp3) is 0.308. The van der Waals surface area contributed by atoms with Crippen LogP contribution in [0.2, 0.25) is 0 Å². The molecule has 0 spiro atoms. The van der Waals surface area contributed by atoms with Gasteiger partial charge in [-0.15, -0.1) is 0 Å². The fourth-order valence-electron chi connectivity index (χ4n) is 0.897. The summed E-state index contributed by atoms with van der Waals surface area (Å²) in [6.45, 7) is 9.12. The van der Waals surface area contributed by atoms with Gasteiger partial charge in [0.2, 0.25) is 0 Å². The van der Waals surface area contributed by atoms with Crippen LogP contribution in [0.1, 0.15) is 43.1 Å². The number of hydrogen-bond acceptors (Lipinski definition) is 2. The first-order valence-electron chi connectivity index (χ1n) is 5.02. The minimum absolute atomic E-state index is 0.0186. The van der Waals surface area contributed by atoms with E-state index in [0.29, 0.717) is 11.1 Å². The first-order valence-corrected chi connectivity index (χ1v) is 5.02. The lowest BCUT2D eigenvalue weighted by molar-refractivity contribution is 0.101. The van der Waals surface area contributed by atoms with Crippen molar-refractivity contribution in [2.24, 2.45) is 0 Å². The lowest BCUT2D eigenvalue weighted by atomic mass is 10.1. The van der Waals surface area contributed by atoms with E-state index in [1.165, 1.54) is 13.3 Å². The van der Waals surface area contributed by atoms with Crippen molar-refractivity contribution < 1.29 is 9.90 Å². The van der Waals surface area contributed by atoms with E-state index in [1.807, 2.05) is 0 Å². The van der Waals surface area contributed by atoms with Crippen LogP contribution in [-0.4, -0.2) is 10.9 Å². The number of hydrogen-bond donors (Lipinski definition) is 1. The summed E-state index contributed by atoms with van der Waals surface area (Å²) in [6.07, 6.45) is 1.25. The van der Waals surface area contributed by atoms with Gasteiger partial charge in [0.15, 0.2) is 5.78 Å². The zero-order valence-electron chi connectivity index (χ0n) is 9.58. The van der Waals surface area contributed by atoms with E-state index in [-0.39, 0.29) is 11.5 Å². The van der Waals surface area contributed by atoms with Crippen molar-refractivity contribution in [2.45, 2.75) is 27.2 Å². The van der Waals surface area contributed by atoms with E-state index in [2.05, 4.69) is 20.4 Å². The summed E-state index contributed by atoms with van der Waals surface area (Å²) in [5.74, 6) is 0.0372. The van der Waals surface area contributed by atoms with Gasteiger partial charge in [0.05, 0.1) is 0 Å². The minimum Gasteiger partial charge on any atom is -0.508 e. The van der Waals surface area contributed by atoms with Crippen molar-refractivity contribution in [3.8, 4) is 0 Å². The molecule has 0 atom stereocenters. The zero-order valence-corrected chi connectivity index (χ0v) is 9.58. The predicted molar refractivity (Wildman–Crippen MR) is 64.1 cm³/mol. The molecule has 15 heavy (non-hydrogen) atoms. The summed E-state index contributed by atoms with van der Waals surface area (Å²) >= 11 is 0. The molecule has 2 heteroatoms. The lowest BCUT2D eigenvalue weighted by Crippen LogP contribution is -1.91. The number of aliphatic hydroxyl groups excluding tert-OH is 1. The number of Topliss-reactive ketones (excluding diaryl/α,β-unsaturated/α-hetero) is 1. The Bertz CT molecular complexity index is 290. The predicted octanol–water partition coefficient (Wildman–Crippen LogP) is 3.83. The Morgan fingerprint density at radius 1 is 1.20 bits per heavy atom. The van der Waals surface area contributed by atoms with Gasteiger partial charge in [0.1, 0.15) is 5.76 Å². The van der Waals surface area contributed by atoms with Crippen LogP contribution in [0.4, 0.5) is 0 Å². The second-order valence-corrected chi connectivity index (χ2v) is 3.29. The van der Waals surface area contributed by atoms with Crippen molar-refractivity contribution in [3.05, 3.63) is 42.0 Å². The monoisotopic (exact) mass is 206 g/mol. The van der Waals surface area contributed by atoms with Gasteiger partial charge in [0.25, 0.3) is 0 Å². The van der Waals surface area contributed by atoms with E-state index in [4.69, 9.17) is 5.11 Å². The molecule has 0 heterocycles. The van der Waals surface area contributed by atoms with Crippen LogP contribution in [0, 0.1) is 0 Å². The first kappa shape index (κ1) is 13.4. The largest absolute Gasteiger partial charge is 0.508 e. The molecule has 0 aliphatic heterocycles. The quantitative estimate of drug-likeness (QED) is 0.589. The Morgan fingerprint density at radius 3 is 1.80 bits per heavy atom. The summed E-state index contributed by atoms with van der Waals surface area (Å²) in [4.78, 5) is 10.8. The molecule has 1 N–H and O–H groups in total. The third-order valence-electron chi connectivity index (χ3n) is 1.62. The topological polar surface area (TPSA) is 37.3 Å². The normalized spacial score (nSPS) is 8.73. The number of rotatable bonds is 2. The standard InChI is InChI=1S/C10H10O2.C3H8/c1-7(11)9-3-5-10(6-4-9)8(2)12;1-3-2/h3-6,11H,1H2,2H3;3H2,1-2H3. The maximum atomic E-state index is 10.8. The molecule has 0 bridgehead atoms. The van der Waals surface area contributed by atoms with Crippen molar-refractivity contribution in [3.63, 3.8) is 0 Å².